The maximum absolute atomic E-state index is 12.1. The molecule has 0 unspecified atom stereocenters. The van der Waals surface area contributed by atoms with Crippen molar-refractivity contribution in [2.75, 3.05) is 6.54 Å². The monoisotopic (exact) mass is 595 g/mol. The van der Waals surface area contributed by atoms with Gasteiger partial charge in [0.15, 0.2) is 5.54 Å². The van der Waals surface area contributed by atoms with Gasteiger partial charge < -0.3 is 34.0 Å². The summed E-state index contributed by atoms with van der Waals surface area (Å²) in [4.78, 5) is 12.1. The Labute approximate surface area is 231 Å². The molecule has 0 radical (unpaired) electrons. The number of carbonyl (C=O) groups excluding carboxylic acids is 1. The van der Waals surface area contributed by atoms with E-state index in [9.17, 15) is 4.79 Å². The molecule has 1 amide bonds. The Balaban J connectivity index is 0.00000361. The molecule has 36 heavy (non-hydrogen) atoms. The molecule has 4 aromatic rings. The molecule has 3 aromatic carbocycles. The summed E-state index contributed by atoms with van der Waals surface area (Å²) in [6.07, 6.45) is 4.60. The number of nitrogens with one attached hydrogen (secondary N) is 1. The number of ether oxygens (including phenoxy) is 1. The smallest absolute Gasteiger partial charge is 0.407 e. The number of alkyl carbamates (subject to hydrolysis) is 1. The second kappa shape index (κ2) is 11.7. The number of hydrogen-bond acceptors (Lipinski definition) is 2. The number of carbonyl (C=O) groups is 1. The van der Waals surface area contributed by atoms with Crippen LogP contribution in [0.15, 0.2) is 104 Å². The zero-order valence-electron chi connectivity index (χ0n) is 21.3. The van der Waals surface area contributed by atoms with Crippen molar-refractivity contribution in [2.24, 2.45) is 7.05 Å². The summed E-state index contributed by atoms with van der Waals surface area (Å²) in [6.45, 7) is 6.08. The first kappa shape index (κ1) is 27.5. The first-order chi connectivity index (χ1) is 16.8. The van der Waals surface area contributed by atoms with Gasteiger partial charge in [-0.2, -0.15) is 0 Å². The van der Waals surface area contributed by atoms with Crippen molar-refractivity contribution in [3.63, 3.8) is 0 Å². The Bertz CT molecular complexity index is 1150. The quantitative estimate of drug-likeness (QED) is 0.203. The molecule has 6 heteroatoms. The van der Waals surface area contributed by atoms with Gasteiger partial charge in [0.2, 0.25) is 6.33 Å². The maximum Gasteiger partial charge on any atom is 0.407 e. The van der Waals surface area contributed by atoms with Crippen molar-refractivity contribution in [1.29, 1.82) is 0 Å². The number of aromatic nitrogens is 2. The van der Waals surface area contributed by atoms with E-state index in [1.807, 2.05) is 46.0 Å². The van der Waals surface area contributed by atoms with Gasteiger partial charge in [-0.3, -0.25) is 0 Å². The van der Waals surface area contributed by atoms with Crippen LogP contribution in [0.4, 0.5) is 4.79 Å². The van der Waals surface area contributed by atoms with Gasteiger partial charge in [-0.15, -0.1) is 0 Å². The van der Waals surface area contributed by atoms with Crippen LogP contribution in [-0.2, 0) is 23.7 Å². The van der Waals surface area contributed by atoms with E-state index in [4.69, 9.17) is 4.74 Å². The maximum atomic E-state index is 12.1. The van der Waals surface area contributed by atoms with Crippen LogP contribution >= 0.6 is 0 Å². The normalized spacial score (nSPS) is 11.4. The van der Waals surface area contributed by atoms with Crippen LogP contribution in [-0.4, -0.2) is 22.8 Å². The molecule has 1 N–H and O–H groups in total. The average Bonchev–Trinajstić information content (AvgIpc) is 3.21. The number of hydrogen-bond donors (Lipinski definition) is 1. The molecule has 0 fully saturated rings. The summed E-state index contributed by atoms with van der Waals surface area (Å²) in [5, 5.41) is 2.87. The van der Waals surface area contributed by atoms with Crippen molar-refractivity contribution in [3.8, 4) is 0 Å². The van der Waals surface area contributed by atoms with E-state index in [1.165, 1.54) is 16.7 Å². The van der Waals surface area contributed by atoms with Crippen molar-refractivity contribution >= 4 is 6.09 Å². The molecule has 1 aromatic heterocycles. The van der Waals surface area contributed by atoms with Gasteiger partial charge in [-0.05, 0) is 20.8 Å². The lowest BCUT2D eigenvalue weighted by Gasteiger charge is -2.32. The van der Waals surface area contributed by atoms with Gasteiger partial charge in [-0.25, -0.2) is 13.9 Å². The van der Waals surface area contributed by atoms with Crippen LogP contribution in [0, 0.1) is 0 Å². The molecule has 0 atom stereocenters. The van der Waals surface area contributed by atoms with Crippen LogP contribution in [0.5, 0.6) is 0 Å². The summed E-state index contributed by atoms with van der Waals surface area (Å²) in [5.41, 5.74) is 3.55. The van der Waals surface area contributed by atoms with Gasteiger partial charge in [0.25, 0.3) is 0 Å². The third-order valence-corrected chi connectivity index (χ3v) is 6.05. The first-order valence-electron chi connectivity index (χ1n) is 12.0. The third kappa shape index (κ3) is 5.98. The van der Waals surface area contributed by atoms with Crippen LogP contribution in [0.1, 0.15) is 43.2 Å². The lowest BCUT2D eigenvalue weighted by Crippen LogP contribution is -3.00. The molecule has 0 aliphatic rings. The Morgan fingerprint density at radius 1 is 0.833 bits per heavy atom. The second-order valence-electron chi connectivity index (χ2n) is 9.74. The number of halogens is 1. The highest BCUT2D eigenvalue weighted by Crippen LogP contribution is 2.36. The number of rotatable bonds is 7. The van der Waals surface area contributed by atoms with Gasteiger partial charge in [-0.1, -0.05) is 91.0 Å². The zero-order valence-corrected chi connectivity index (χ0v) is 23.5. The standard InChI is InChI=1S/C30H33N3O2.HI/c1-29(2,3)35-28(34)31-21-20-27-22-33(23-32(27)4)30(24-14-8-5-9-15-24,25-16-10-6-11-17-25)26-18-12-7-13-19-26;/h5-19,22-23H,20-21H2,1-4H3;1H. The number of nitrogens with zero attached hydrogens (tertiary/aromatic N) is 2. The fourth-order valence-corrected chi connectivity index (χ4v) is 4.56. The fourth-order valence-electron chi connectivity index (χ4n) is 4.56. The van der Waals surface area contributed by atoms with Gasteiger partial charge in [0.05, 0.1) is 7.05 Å². The minimum atomic E-state index is -0.557. The average molecular weight is 596 g/mol. The van der Waals surface area contributed by atoms with Crippen LogP contribution in [0.25, 0.3) is 0 Å². The fraction of sp³-hybridized carbons (Fsp3) is 0.267. The van der Waals surface area contributed by atoms with Crippen molar-refractivity contribution in [1.82, 2.24) is 9.88 Å². The largest absolute Gasteiger partial charge is 1.00 e. The summed E-state index contributed by atoms with van der Waals surface area (Å²) >= 11 is 0. The summed E-state index contributed by atoms with van der Waals surface area (Å²) in [7, 11) is 2.05. The molecule has 188 valence electrons. The van der Waals surface area contributed by atoms with Gasteiger partial charge in [0, 0.05) is 29.7 Å². The summed E-state index contributed by atoms with van der Waals surface area (Å²) < 4.78 is 9.79. The predicted octanol–water partition coefficient (Wildman–Crippen LogP) is 2.22. The second-order valence-corrected chi connectivity index (χ2v) is 9.74. The molecular formula is C30H34IN3O2. The van der Waals surface area contributed by atoms with Gasteiger partial charge in [0.1, 0.15) is 17.5 Å². The predicted molar refractivity (Wildman–Crippen MR) is 138 cm³/mol. The van der Waals surface area contributed by atoms with E-state index >= 15 is 0 Å². The molecule has 0 aliphatic heterocycles. The first-order valence-corrected chi connectivity index (χ1v) is 12.0. The van der Waals surface area contributed by atoms with E-state index in [0.717, 1.165) is 5.69 Å². The topological polar surface area (TPSA) is 47.1 Å². The van der Waals surface area contributed by atoms with E-state index in [-0.39, 0.29) is 24.0 Å². The van der Waals surface area contributed by atoms with Crippen molar-refractivity contribution in [3.05, 3.63) is 126 Å². The van der Waals surface area contributed by atoms with Crippen LogP contribution < -0.4 is 33.9 Å². The van der Waals surface area contributed by atoms with Crippen LogP contribution in [0.2, 0.25) is 0 Å². The highest BCUT2D eigenvalue weighted by atomic mass is 127. The van der Waals surface area contributed by atoms with E-state index in [1.54, 1.807) is 0 Å². The third-order valence-electron chi connectivity index (χ3n) is 6.05. The van der Waals surface area contributed by atoms with E-state index in [2.05, 4.69) is 99.8 Å². The highest BCUT2D eigenvalue weighted by Gasteiger charge is 2.43. The Morgan fingerprint density at radius 3 is 1.69 bits per heavy atom. The molecule has 0 spiro atoms. The molecule has 1 heterocycles. The lowest BCUT2D eigenvalue weighted by molar-refractivity contribution is -0.734. The molecule has 0 saturated heterocycles. The molecule has 0 bridgehead atoms. The SMILES string of the molecule is Cn1c[n+](C(c2ccccc2)(c2ccccc2)c2ccccc2)cc1CCNC(=O)OC(C)(C)C.[I-]. The van der Waals surface area contributed by atoms with E-state index < -0.39 is 17.2 Å². The summed E-state index contributed by atoms with van der Waals surface area (Å²) in [6, 6.07) is 31.8. The highest BCUT2D eigenvalue weighted by molar-refractivity contribution is 5.67. The minimum Gasteiger partial charge on any atom is -1.00 e. The molecule has 0 aliphatic carbocycles. The van der Waals surface area contributed by atoms with Crippen molar-refractivity contribution in [2.45, 2.75) is 38.3 Å². The van der Waals surface area contributed by atoms with Crippen LogP contribution in [0.3, 0.4) is 0 Å². The minimum absolute atomic E-state index is 0. The zero-order chi connectivity index (χ0) is 24.9. The Kier molecular flexibility index (Phi) is 8.95. The number of imidazole rings is 1. The molecule has 5 nitrogen and oxygen atoms in total. The molecular weight excluding hydrogens is 561 g/mol. The van der Waals surface area contributed by atoms with Gasteiger partial charge >= 0.3 is 6.09 Å². The number of benzene rings is 3. The summed E-state index contributed by atoms with van der Waals surface area (Å²) in [5.74, 6) is 0. The van der Waals surface area contributed by atoms with Crippen molar-refractivity contribution < 1.29 is 38.1 Å². The molecule has 4 rings (SSSR count). The van der Waals surface area contributed by atoms with E-state index in [0.29, 0.717) is 13.0 Å². The number of amides is 1. The lowest BCUT2D eigenvalue weighted by atomic mass is 9.77. The molecule has 0 saturated carbocycles. The Morgan fingerprint density at radius 2 is 1.28 bits per heavy atom. The Hall–Kier alpha value is -3.13. The number of aryl methyl sites for hydroxylation is 1.